The third-order valence-electron chi connectivity index (χ3n) is 2.41. The summed E-state index contributed by atoms with van der Waals surface area (Å²) < 4.78 is 0. The van der Waals surface area contributed by atoms with Gasteiger partial charge in [0.25, 0.3) is 0 Å². The normalized spacial score (nSPS) is 10.1. The highest BCUT2D eigenvalue weighted by Crippen LogP contribution is 2.21. The van der Waals surface area contributed by atoms with Gasteiger partial charge in [-0.05, 0) is 30.9 Å². The van der Waals surface area contributed by atoms with Crippen molar-refractivity contribution in [1.29, 1.82) is 0 Å². The van der Waals surface area contributed by atoms with E-state index in [1.54, 1.807) is 0 Å². The fraction of sp³-hybridized carbons (Fsp3) is 0.500. The van der Waals surface area contributed by atoms with Crippen LogP contribution in [0.25, 0.3) is 0 Å². The lowest BCUT2D eigenvalue weighted by molar-refractivity contribution is 0.795. The second-order valence-electron chi connectivity index (χ2n) is 3.46. The topological polar surface area (TPSA) is 12.0 Å². The third-order valence-corrected chi connectivity index (χ3v) is 2.41. The summed E-state index contributed by atoms with van der Waals surface area (Å²) in [6, 6.07) is 6.51. The smallest absolute Gasteiger partial charge is 0.0399 e. The molecule has 0 radical (unpaired) electrons. The fourth-order valence-electron chi connectivity index (χ4n) is 1.66. The standard InChI is InChI=1S/C12H19N/c1-4-5-8-11-9-6-7-10(2)12(11)13-3/h6-7,9,13H,4-5,8H2,1-3H3. The molecular weight excluding hydrogens is 158 g/mol. The Bertz CT molecular complexity index is 266. The molecule has 1 heteroatoms. The van der Waals surface area contributed by atoms with E-state index < -0.39 is 0 Å². The molecule has 1 rings (SSSR count). The third kappa shape index (κ3) is 2.48. The van der Waals surface area contributed by atoms with Crippen LogP contribution in [0.4, 0.5) is 5.69 Å². The molecule has 1 nitrogen and oxygen atoms in total. The molecule has 0 saturated carbocycles. The van der Waals surface area contributed by atoms with Crippen molar-refractivity contribution in [1.82, 2.24) is 0 Å². The van der Waals surface area contributed by atoms with E-state index >= 15 is 0 Å². The summed E-state index contributed by atoms with van der Waals surface area (Å²) in [5.41, 5.74) is 4.11. The molecule has 0 aliphatic carbocycles. The number of benzene rings is 1. The van der Waals surface area contributed by atoms with Crippen LogP contribution in [0.2, 0.25) is 0 Å². The lowest BCUT2D eigenvalue weighted by atomic mass is 10.0. The van der Waals surface area contributed by atoms with Gasteiger partial charge >= 0.3 is 0 Å². The first-order valence-corrected chi connectivity index (χ1v) is 5.05. The number of hydrogen-bond acceptors (Lipinski definition) is 1. The summed E-state index contributed by atoms with van der Waals surface area (Å²) in [6.07, 6.45) is 3.73. The average molecular weight is 177 g/mol. The molecule has 0 saturated heterocycles. The number of para-hydroxylation sites is 1. The van der Waals surface area contributed by atoms with Crippen molar-refractivity contribution < 1.29 is 0 Å². The Morgan fingerprint density at radius 2 is 2.08 bits per heavy atom. The van der Waals surface area contributed by atoms with Crippen LogP contribution in [0.15, 0.2) is 18.2 Å². The molecule has 13 heavy (non-hydrogen) atoms. The van der Waals surface area contributed by atoms with Gasteiger partial charge in [0.1, 0.15) is 0 Å². The van der Waals surface area contributed by atoms with Gasteiger partial charge < -0.3 is 5.32 Å². The molecule has 72 valence electrons. The maximum atomic E-state index is 3.27. The summed E-state index contributed by atoms with van der Waals surface area (Å²) in [5.74, 6) is 0. The molecule has 1 aromatic rings. The summed E-state index contributed by atoms with van der Waals surface area (Å²) in [5, 5.41) is 3.27. The molecular formula is C12H19N. The van der Waals surface area contributed by atoms with E-state index in [1.807, 2.05) is 7.05 Å². The second-order valence-corrected chi connectivity index (χ2v) is 3.46. The minimum atomic E-state index is 1.19. The minimum Gasteiger partial charge on any atom is -0.388 e. The van der Waals surface area contributed by atoms with Crippen LogP contribution in [0.1, 0.15) is 30.9 Å². The van der Waals surface area contributed by atoms with Crippen molar-refractivity contribution in [2.45, 2.75) is 33.1 Å². The van der Waals surface area contributed by atoms with Gasteiger partial charge in [0, 0.05) is 12.7 Å². The van der Waals surface area contributed by atoms with Gasteiger partial charge in [-0.3, -0.25) is 0 Å². The lowest BCUT2D eigenvalue weighted by Crippen LogP contribution is -1.97. The Morgan fingerprint density at radius 1 is 1.31 bits per heavy atom. The maximum absolute atomic E-state index is 3.27. The minimum absolute atomic E-state index is 1.19. The molecule has 0 aromatic heterocycles. The number of anilines is 1. The van der Waals surface area contributed by atoms with Crippen LogP contribution in [-0.4, -0.2) is 7.05 Å². The van der Waals surface area contributed by atoms with E-state index in [2.05, 4.69) is 37.4 Å². The molecule has 0 aliphatic rings. The first kappa shape index (κ1) is 10.1. The van der Waals surface area contributed by atoms with Gasteiger partial charge in [0.05, 0.1) is 0 Å². The van der Waals surface area contributed by atoms with Gasteiger partial charge in [-0.25, -0.2) is 0 Å². The average Bonchev–Trinajstić information content (AvgIpc) is 2.15. The zero-order valence-corrected chi connectivity index (χ0v) is 8.85. The molecule has 0 unspecified atom stereocenters. The van der Waals surface area contributed by atoms with E-state index in [0.717, 1.165) is 0 Å². The van der Waals surface area contributed by atoms with E-state index in [1.165, 1.54) is 36.1 Å². The lowest BCUT2D eigenvalue weighted by Gasteiger charge is -2.11. The van der Waals surface area contributed by atoms with Gasteiger partial charge in [0.15, 0.2) is 0 Å². The largest absolute Gasteiger partial charge is 0.388 e. The fourth-order valence-corrected chi connectivity index (χ4v) is 1.66. The predicted octanol–water partition coefficient (Wildman–Crippen LogP) is 3.38. The van der Waals surface area contributed by atoms with Crippen LogP contribution in [-0.2, 0) is 6.42 Å². The van der Waals surface area contributed by atoms with E-state index in [-0.39, 0.29) is 0 Å². The summed E-state index contributed by atoms with van der Waals surface area (Å²) >= 11 is 0. The Kier molecular flexibility index (Phi) is 3.81. The van der Waals surface area contributed by atoms with Crippen molar-refractivity contribution in [3.05, 3.63) is 29.3 Å². The Balaban J connectivity index is 2.85. The highest BCUT2D eigenvalue weighted by molar-refractivity contribution is 5.56. The molecule has 0 fully saturated rings. The molecule has 1 N–H and O–H groups in total. The Hall–Kier alpha value is -0.980. The molecule has 0 amide bonds. The summed E-state index contributed by atoms with van der Waals surface area (Å²) in [6.45, 7) is 4.39. The first-order valence-electron chi connectivity index (χ1n) is 5.05. The summed E-state index contributed by atoms with van der Waals surface area (Å²) in [4.78, 5) is 0. The molecule has 0 aliphatic heterocycles. The number of unbranched alkanes of at least 4 members (excludes halogenated alkanes) is 1. The highest BCUT2D eigenvalue weighted by atomic mass is 14.8. The van der Waals surface area contributed by atoms with Crippen molar-refractivity contribution >= 4 is 5.69 Å². The molecule has 0 bridgehead atoms. The van der Waals surface area contributed by atoms with Crippen LogP contribution >= 0.6 is 0 Å². The van der Waals surface area contributed by atoms with Crippen LogP contribution < -0.4 is 5.32 Å². The monoisotopic (exact) mass is 177 g/mol. The zero-order chi connectivity index (χ0) is 9.68. The van der Waals surface area contributed by atoms with E-state index in [0.29, 0.717) is 0 Å². The Labute approximate surface area is 81.2 Å². The number of nitrogens with one attached hydrogen (secondary N) is 1. The highest BCUT2D eigenvalue weighted by Gasteiger charge is 2.01. The SMILES string of the molecule is CCCCc1cccc(C)c1NC. The van der Waals surface area contributed by atoms with Crippen LogP contribution in [0, 0.1) is 6.92 Å². The van der Waals surface area contributed by atoms with Crippen molar-refractivity contribution in [2.75, 3.05) is 12.4 Å². The first-order chi connectivity index (χ1) is 6.29. The van der Waals surface area contributed by atoms with Crippen LogP contribution in [0.5, 0.6) is 0 Å². The van der Waals surface area contributed by atoms with Crippen molar-refractivity contribution in [2.24, 2.45) is 0 Å². The van der Waals surface area contributed by atoms with E-state index in [4.69, 9.17) is 0 Å². The number of hydrogen-bond donors (Lipinski definition) is 1. The summed E-state index contributed by atoms with van der Waals surface area (Å²) in [7, 11) is 2.00. The molecule has 0 spiro atoms. The quantitative estimate of drug-likeness (QED) is 0.743. The zero-order valence-electron chi connectivity index (χ0n) is 8.85. The molecule has 0 heterocycles. The molecule has 0 atom stereocenters. The van der Waals surface area contributed by atoms with Gasteiger partial charge in [-0.2, -0.15) is 0 Å². The van der Waals surface area contributed by atoms with Crippen LogP contribution in [0.3, 0.4) is 0 Å². The Morgan fingerprint density at radius 3 is 2.69 bits per heavy atom. The van der Waals surface area contributed by atoms with Gasteiger partial charge in [-0.15, -0.1) is 0 Å². The van der Waals surface area contributed by atoms with Gasteiger partial charge in [0.2, 0.25) is 0 Å². The molecule has 1 aromatic carbocycles. The number of rotatable bonds is 4. The van der Waals surface area contributed by atoms with E-state index in [9.17, 15) is 0 Å². The second kappa shape index (κ2) is 4.90. The number of aryl methyl sites for hydroxylation is 2. The van der Waals surface area contributed by atoms with Crippen molar-refractivity contribution in [3.63, 3.8) is 0 Å². The maximum Gasteiger partial charge on any atom is 0.0399 e. The predicted molar refractivity (Wildman–Crippen MR) is 59.3 cm³/mol. The van der Waals surface area contributed by atoms with Crippen molar-refractivity contribution in [3.8, 4) is 0 Å². The van der Waals surface area contributed by atoms with Gasteiger partial charge in [-0.1, -0.05) is 31.5 Å².